The largest absolute Gasteiger partial charge is 0.494 e. The number of methoxy groups -OCH3 is 1. The Bertz CT molecular complexity index is 1010. The van der Waals surface area contributed by atoms with Gasteiger partial charge in [0.1, 0.15) is 10.6 Å². The summed E-state index contributed by atoms with van der Waals surface area (Å²) in [5, 5.41) is 3.34. The van der Waals surface area contributed by atoms with Crippen LogP contribution in [-0.2, 0) is 11.3 Å². The Morgan fingerprint density at radius 1 is 1.30 bits per heavy atom. The molecule has 0 bridgehead atoms. The van der Waals surface area contributed by atoms with Gasteiger partial charge in [-0.25, -0.2) is 4.98 Å². The lowest BCUT2D eigenvalue weighted by atomic mass is 10.2. The Kier molecular flexibility index (Phi) is 5.88. The number of rotatable bonds is 7. The second kappa shape index (κ2) is 8.32. The molecule has 2 heterocycles. The summed E-state index contributed by atoms with van der Waals surface area (Å²) in [5.74, 6) is 0.483. The van der Waals surface area contributed by atoms with Gasteiger partial charge in [-0.15, -0.1) is 11.3 Å². The summed E-state index contributed by atoms with van der Waals surface area (Å²) in [6.45, 7) is 5.11. The normalized spacial score (nSPS) is 10.9. The lowest BCUT2D eigenvalue weighted by Gasteiger charge is -2.06. The van der Waals surface area contributed by atoms with Crippen molar-refractivity contribution in [2.75, 3.05) is 25.6 Å². The van der Waals surface area contributed by atoms with Gasteiger partial charge >= 0.3 is 0 Å². The SMILES string of the molecule is CCOc1ccc(NC(=O)c2sc3ncn(CCOC)c(=O)c3c2C)cc1. The predicted molar refractivity (Wildman–Crippen MR) is 106 cm³/mol. The van der Waals surface area contributed by atoms with Crippen LogP contribution in [0.25, 0.3) is 10.2 Å². The van der Waals surface area contributed by atoms with E-state index in [1.54, 1.807) is 38.3 Å². The summed E-state index contributed by atoms with van der Waals surface area (Å²) >= 11 is 1.22. The molecule has 2 aromatic heterocycles. The lowest BCUT2D eigenvalue weighted by Crippen LogP contribution is -2.22. The Morgan fingerprint density at radius 3 is 2.70 bits per heavy atom. The smallest absolute Gasteiger partial charge is 0.266 e. The molecule has 27 heavy (non-hydrogen) atoms. The molecule has 0 aliphatic rings. The maximum Gasteiger partial charge on any atom is 0.266 e. The summed E-state index contributed by atoms with van der Waals surface area (Å²) in [5.41, 5.74) is 1.14. The third-order valence-corrected chi connectivity index (χ3v) is 5.28. The van der Waals surface area contributed by atoms with Gasteiger partial charge in [-0.2, -0.15) is 0 Å². The molecule has 1 N–H and O–H groups in total. The lowest BCUT2D eigenvalue weighted by molar-refractivity contribution is 0.103. The third kappa shape index (κ3) is 4.01. The van der Waals surface area contributed by atoms with Crippen molar-refractivity contribution in [1.29, 1.82) is 0 Å². The second-order valence-corrected chi connectivity index (χ2v) is 6.88. The molecule has 0 spiro atoms. The number of carbonyl (C=O) groups excluding carboxylic acids is 1. The first kappa shape index (κ1) is 19.1. The van der Waals surface area contributed by atoms with Crippen molar-refractivity contribution in [2.24, 2.45) is 0 Å². The fraction of sp³-hybridized carbons (Fsp3) is 0.316. The number of nitrogens with one attached hydrogen (secondary N) is 1. The van der Waals surface area contributed by atoms with Crippen molar-refractivity contribution >= 4 is 33.1 Å². The van der Waals surface area contributed by atoms with Crippen LogP contribution in [0.5, 0.6) is 5.75 Å². The molecule has 0 aliphatic carbocycles. The van der Waals surface area contributed by atoms with Gasteiger partial charge in [0.25, 0.3) is 11.5 Å². The molecule has 0 radical (unpaired) electrons. The van der Waals surface area contributed by atoms with Crippen LogP contribution in [-0.4, -0.2) is 35.8 Å². The van der Waals surface area contributed by atoms with Crippen LogP contribution in [0, 0.1) is 6.92 Å². The van der Waals surface area contributed by atoms with Gasteiger partial charge in [0.2, 0.25) is 0 Å². The van der Waals surface area contributed by atoms with Crippen molar-refractivity contribution in [3.63, 3.8) is 0 Å². The first-order valence-corrected chi connectivity index (χ1v) is 9.38. The summed E-state index contributed by atoms with van der Waals surface area (Å²) < 4.78 is 11.9. The quantitative estimate of drug-likeness (QED) is 0.674. The van der Waals surface area contributed by atoms with Gasteiger partial charge in [0, 0.05) is 12.8 Å². The third-order valence-electron chi connectivity index (χ3n) is 4.08. The zero-order chi connectivity index (χ0) is 19.4. The van der Waals surface area contributed by atoms with Crippen LogP contribution in [0.15, 0.2) is 35.4 Å². The van der Waals surface area contributed by atoms with E-state index >= 15 is 0 Å². The molecule has 0 saturated carbocycles. The molecule has 3 aromatic rings. The molecular formula is C19H21N3O4S. The van der Waals surface area contributed by atoms with E-state index in [0.29, 0.717) is 46.1 Å². The molecule has 1 aromatic carbocycles. The highest BCUT2D eigenvalue weighted by Gasteiger charge is 2.19. The van der Waals surface area contributed by atoms with Crippen molar-refractivity contribution in [3.8, 4) is 5.75 Å². The van der Waals surface area contributed by atoms with E-state index in [0.717, 1.165) is 5.75 Å². The summed E-state index contributed by atoms with van der Waals surface area (Å²) in [6, 6.07) is 7.16. The van der Waals surface area contributed by atoms with Gasteiger partial charge in [0.05, 0.1) is 36.3 Å². The zero-order valence-electron chi connectivity index (χ0n) is 15.4. The Labute approximate surface area is 160 Å². The van der Waals surface area contributed by atoms with E-state index in [1.807, 2.05) is 6.92 Å². The van der Waals surface area contributed by atoms with E-state index in [1.165, 1.54) is 22.2 Å². The highest BCUT2D eigenvalue weighted by Crippen LogP contribution is 2.28. The Morgan fingerprint density at radius 2 is 2.04 bits per heavy atom. The fourth-order valence-electron chi connectivity index (χ4n) is 2.71. The molecule has 3 rings (SSSR count). The van der Waals surface area contributed by atoms with Crippen molar-refractivity contribution < 1.29 is 14.3 Å². The van der Waals surface area contributed by atoms with Gasteiger partial charge in [-0.05, 0) is 43.7 Å². The van der Waals surface area contributed by atoms with Crippen LogP contribution in [0.1, 0.15) is 22.2 Å². The summed E-state index contributed by atoms with van der Waals surface area (Å²) in [7, 11) is 1.58. The highest BCUT2D eigenvalue weighted by molar-refractivity contribution is 7.20. The Balaban J connectivity index is 1.87. The highest BCUT2D eigenvalue weighted by atomic mass is 32.1. The number of benzene rings is 1. The molecule has 0 aliphatic heterocycles. The number of thiophene rings is 1. The molecule has 1 amide bonds. The number of ether oxygens (including phenoxy) is 2. The van der Waals surface area contributed by atoms with Gasteiger partial charge < -0.3 is 14.8 Å². The number of carbonyl (C=O) groups is 1. The van der Waals surface area contributed by atoms with Crippen LogP contribution in [0.2, 0.25) is 0 Å². The maximum absolute atomic E-state index is 12.7. The van der Waals surface area contributed by atoms with Crippen LogP contribution < -0.4 is 15.6 Å². The molecule has 0 saturated heterocycles. The summed E-state index contributed by atoms with van der Waals surface area (Å²) in [4.78, 5) is 30.7. The van der Waals surface area contributed by atoms with Crippen molar-refractivity contribution in [1.82, 2.24) is 9.55 Å². The van der Waals surface area contributed by atoms with E-state index in [4.69, 9.17) is 9.47 Å². The van der Waals surface area contributed by atoms with E-state index < -0.39 is 0 Å². The number of hydrogen-bond donors (Lipinski definition) is 1. The second-order valence-electron chi connectivity index (χ2n) is 5.88. The van der Waals surface area contributed by atoms with Gasteiger partial charge in [-0.3, -0.25) is 14.2 Å². The fourth-order valence-corrected chi connectivity index (χ4v) is 3.75. The van der Waals surface area contributed by atoms with Crippen LogP contribution in [0.4, 0.5) is 5.69 Å². The van der Waals surface area contributed by atoms with E-state index in [2.05, 4.69) is 10.3 Å². The number of anilines is 1. The minimum atomic E-state index is -0.262. The topological polar surface area (TPSA) is 82.4 Å². The number of nitrogens with zero attached hydrogens (tertiary/aromatic N) is 2. The van der Waals surface area contributed by atoms with Crippen LogP contribution >= 0.6 is 11.3 Å². The number of hydrogen-bond acceptors (Lipinski definition) is 6. The standard InChI is InChI=1S/C19H21N3O4S/c1-4-26-14-7-5-13(6-8-14)21-17(23)16-12(2)15-18(27-16)20-11-22(19(15)24)9-10-25-3/h5-8,11H,4,9-10H2,1-3H3,(H,21,23). The van der Waals surface area contributed by atoms with E-state index in [-0.39, 0.29) is 11.5 Å². The number of aryl methyl sites for hydroxylation is 1. The first-order chi connectivity index (χ1) is 13.0. The van der Waals surface area contributed by atoms with Crippen molar-refractivity contribution in [3.05, 3.63) is 51.4 Å². The molecule has 0 fully saturated rings. The number of amides is 1. The first-order valence-electron chi connectivity index (χ1n) is 8.56. The minimum Gasteiger partial charge on any atom is -0.494 e. The van der Waals surface area contributed by atoms with E-state index in [9.17, 15) is 9.59 Å². The molecule has 8 heteroatoms. The van der Waals surface area contributed by atoms with Crippen molar-refractivity contribution in [2.45, 2.75) is 20.4 Å². The molecule has 142 valence electrons. The molecule has 0 unspecified atom stereocenters. The molecule has 0 atom stereocenters. The van der Waals surface area contributed by atoms with Gasteiger partial charge in [0.15, 0.2) is 0 Å². The Hall–Kier alpha value is -2.71. The number of fused-ring (bicyclic) bond motifs is 1. The van der Waals surface area contributed by atoms with Crippen LogP contribution in [0.3, 0.4) is 0 Å². The maximum atomic E-state index is 12.7. The molecule has 7 nitrogen and oxygen atoms in total. The zero-order valence-corrected chi connectivity index (χ0v) is 16.3. The average molecular weight is 387 g/mol. The average Bonchev–Trinajstić information content (AvgIpc) is 3.00. The van der Waals surface area contributed by atoms with Gasteiger partial charge in [-0.1, -0.05) is 0 Å². The number of aromatic nitrogens is 2. The molecular weight excluding hydrogens is 366 g/mol. The monoisotopic (exact) mass is 387 g/mol. The summed E-state index contributed by atoms with van der Waals surface area (Å²) in [6.07, 6.45) is 1.49. The minimum absolute atomic E-state index is 0.161. The predicted octanol–water partition coefficient (Wildman–Crippen LogP) is 3.06.